The molecule has 0 aliphatic rings. The number of nitrogens with zero attached hydrogens (tertiary/aromatic N) is 1. The number of hydrogen-bond donors (Lipinski definition) is 1. The van der Waals surface area contributed by atoms with Crippen molar-refractivity contribution in [1.82, 2.24) is 4.98 Å². The average molecular weight is 204 g/mol. The molecule has 1 aromatic heterocycles. The third-order valence-electron chi connectivity index (χ3n) is 2.79. The van der Waals surface area contributed by atoms with Crippen LogP contribution in [0.5, 0.6) is 0 Å². The lowest BCUT2D eigenvalue weighted by atomic mass is 9.85. The number of nitrogens with two attached hydrogens (primary N) is 1. The third kappa shape index (κ3) is 1.75. The molecule has 0 atom stereocenters. The van der Waals surface area contributed by atoms with E-state index in [0.29, 0.717) is 12.4 Å². The molecule has 1 heterocycles. The van der Waals surface area contributed by atoms with E-state index in [4.69, 9.17) is 10.2 Å². The molecule has 1 aromatic carbocycles. The van der Waals surface area contributed by atoms with E-state index in [1.807, 2.05) is 19.1 Å². The Hall–Kier alpha value is -1.35. The summed E-state index contributed by atoms with van der Waals surface area (Å²) in [6.45, 7) is 6.72. The molecule has 0 amide bonds. The third-order valence-corrected chi connectivity index (χ3v) is 2.79. The zero-order valence-corrected chi connectivity index (χ0v) is 9.37. The molecule has 0 saturated heterocycles. The summed E-state index contributed by atoms with van der Waals surface area (Å²) in [6.07, 6.45) is 0. The summed E-state index contributed by atoms with van der Waals surface area (Å²) in [7, 11) is 0. The highest BCUT2D eigenvalue weighted by atomic mass is 16.3. The van der Waals surface area contributed by atoms with E-state index in [9.17, 15) is 0 Å². The van der Waals surface area contributed by atoms with Crippen LogP contribution >= 0.6 is 0 Å². The molecule has 2 rings (SSSR count). The fourth-order valence-corrected chi connectivity index (χ4v) is 1.58. The highest BCUT2D eigenvalue weighted by molar-refractivity contribution is 5.73. The van der Waals surface area contributed by atoms with E-state index in [1.54, 1.807) is 0 Å². The van der Waals surface area contributed by atoms with Gasteiger partial charge in [0.2, 0.25) is 0 Å². The Bertz CT molecular complexity index is 485. The second kappa shape index (κ2) is 3.35. The predicted octanol–water partition coefficient (Wildman–Crippen LogP) is 2.37. The van der Waals surface area contributed by atoms with Crippen LogP contribution in [0.4, 0.5) is 0 Å². The van der Waals surface area contributed by atoms with Gasteiger partial charge in [0, 0.05) is 18.9 Å². The zero-order chi connectivity index (χ0) is 11.1. The fourth-order valence-electron chi connectivity index (χ4n) is 1.58. The van der Waals surface area contributed by atoms with Gasteiger partial charge < -0.3 is 10.2 Å². The van der Waals surface area contributed by atoms with Crippen LogP contribution in [0.2, 0.25) is 0 Å². The molecule has 0 aliphatic carbocycles. The maximum absolute atomic E-state index is 5.74. The molecule has 15 heavy (non-hydrogen) atoms. The van der Waals surface area contributed by atoms with Gasteiger partial charge in [0.25, 0.3) is 0 Å². The van der Waals surface area contributed by atoms with Gasteiger partial charge in [-0.25, -0.2) is 4.98 Å². The van der Waals surface area contributed by atoms with Crippen molar-refractivity contribution in [2.45, 2.75) is 26.2 Å². The second-order valence-corrected chi connectivity index (χ2v) is 4.50. The van der Waals surface area contributed by atoms with Crippen LogP contribution in [-0.2, 0) is 5.41 Å². The van der Waals surface area contributed by atoms with Gasteiger partial charge in [-0.1, -0.05) is 19.9 Å². The monoisotopic (exact) mass is 204 g/mol. The van der Waals surface area contributed by atoms with Crippen molar-refractivity contribution in [3.8, 4) is 0 Å². The van der Waals surface area contributed by atoms with Crippen LogP contribution in [0, 0.1) is 6.92 Å². The molecule has 80 valence electrons. The van der Waals surface area contributed by atoms with E-state index in [0.717, 1.165) is 11.1 Å². The summed E-state index contributed by atoms with van der Waals surface area (Å²) >= 11 is 0. The van der Waals surface area contributed by atoms with Crippen molar-refractivity contribution in [2.75, 3.05) is 6.54 Å². The first-order valence-electron chi connectivity index (χ1n) is 5.11. The minimum Gasteiger partial charge on any atom is -0.441 e. The second-order valence-electron chi connectivity index (χ2n) is 4.50. The van der Waals surface area contributed by atoms with Crippen LogP contribution in [0.15, 0.2) is 22.6 Å². The number of hydrogen-bond acceptors (Lipinski definition) is 3. The number of oxazole rings is 1. The highest BCUT2D eigenvalue weighted by Gasteiger charge is 2.19. The van der Waals surface area contributed by atoms with Gasteiger partial charge in [-0.2, -0.15) is 0 Å². The average Bonchev–Trinajstić information content (AvgIpc) is 2.56. The van der Waals surface area contributed by atoms with E-state index in [1.165, 1.54) is 5.56 Å². The molecule has 2 aromatic rings. The van der Waals surface area contributed by atoms with Crippen LogP contribution in [-0.4, -0.2) is 11.5 Å². The van der Waals surface area contributed by atoms with Crippen LogP contribution in [0.1, 0.15) is 25.3 Å². The molecule has 0 unspecified atom stereocenters. The summed E-state index contributed by atoms with van der Waals surface area (Å²) in [6, 6.07) is 6.08. The first-order chi connectivity index (χ1) is 7.03. The van der Waals surface area contributed by atoms with Gasteiger partial charge in [0.1, 0.15) is 5.52 Å². The highest BCUT2D eigenvalue weighted by Crippen LogP contribution is 2.25. The van der Waals surface area contributed by atoms with Gasteiger partial charge in [-0.3, -0.25) is 0 Å². The van der Waals surface area contributed by atoms with Crippen LogP contribution in [0.3, 0.4) is 0 Å². The molecule has 0 radical (unpaired) electrons. The summed E-state index contributed by atoms with van der Waals surface area (Å²) < 4.78 is 5.50. The Morgan fingerprint density at radius 3 is 2.80 bits per heavy atom. The Morgan fingerprint density at radius 1 is 1.40 bits per heavy atom. The molecule has 3 nitrogen and oxygen atoms in total. The number of aryl methyl sites for hydroxylation is 1. The van der Waals surface area contributed by atoms with Gasteiger partial charge in [0.15, 0.2) is 11.5 Å². The lowest BCUT2D eigenvalue weighted by Crippen LogP contribution is -2.27. The number of aromatic nitrogens is 1. The van der Waals surface area contributed by atoms with Crippen molar-refractivity contribution < 1.29 is 4.42 Å². The minimum atomic E-state index is -0.0190. The molecule has 0 bridgehead atoms. The van der Waals surface area contributed by atoms with Gasteiger partial charge >= 0.3 is 0 Å². The Balaban J connectivity index is 2.55. The van der Waals surface area contributed by atoms with Gasteiger partial charge in [0.05, 0.1) is 0 Å². The lowest BCUT2D eigenvalue weighted by Gasteiger charge is -2.22. The lowest BCUT2D eigenvalue weighted by molar-refractivity contribution is 0.533. The largest absolute Gasteiger partial charge is 0.441 e. The topological polar surface area (TPSA) is 52.0 Å². The quantitative estimate of drug-likeness (QED) is 0.817. The molecular weight excluding hydrogens is 188 g/mol. The van der Waals surface area contributed by atoms with E-state index in [-0.39, 0.29) is 5.41 Å². The van der Waals surface area contributed by atoms with Crippen LogP contribution in [0.25, 0.3) is 11.1 Å². The van der Waals surface area contributed by atoms with Gasteiger partial charge in [-0.15, -0.1) is 0 Å². The van der Waals surface area contributed by atoms with E-state index in [2.05, 4.69) is 24.9 Å². The number of fused-ring (bicyclic) bond motifs is 1. The zero-order valence-electron chi connectivity index (χ0n) is 9.37. The minimum absolute atomic E-state index is 0.0190. The summed E-state index contributed by atoms with van der Waals surface area (Å²) in [4.78, 5) is 4.26. The summed E-state index contributed by atoms with van der Waals surface area (Å²) in [5.41, 5.74) is 8.66. The molecule has 3 heteroatoms. The maximum Gasteiger partial charge on any atom is 0.192 e. The predicted molar refractivity (Wildman–Crippen MR) is 60.8 cm³/mol. The normalized spacial score (nSPS) is 12.3. The smallest absolute Gasteiger partial charge is 0.192 e. The van der Waals surface area contributed by atoms with Crippen molar-refractivity contribution in [3.05, 3.63) is 29.7 Å². The summed E-state index contributed by atoms with van der Waals surface area (Å²) in [5, 5.41) is 0. The Morgan fingerprint density at radius 2 is 2.13 bits per heavy atom. The standard InChI is InChI=1S/C12H16N2O/c1-8-14-10-5-4-9(6-11(10)15-8)12(2,3)7-13/h4-6H,7,13H2,1-3H3. The van der Waals surface area contributed by atoms with Crippen molar-refractivity contribution in [3.63, 3.8) is 0 Å². The fraction of sp³-hybridized carbons (Fsp3) is 0.417. The van der Waals surface area contributed by atoms with Crippen molar-refractivity contribution >= 4 is 11.1 Å². The van der Waals surface area contributed by atoms with E-state index < -0.39 is 0 Å². The Labute approximate surface area is 89.3 Å². The molecule has 0 saturated carbocycles. The molecular formula is C12H16N2O. The molecule has 0 spiro atoms. The molecule has 0 aliphatic heterocycles. The molecule has 2 N–H and O–H groups in total. The SMILES string of the molecule is Cc1nc2ccc(C(C)(C)CN)cc2o1. The number of benzene rings is 1. The first kappa shape index (κ1) is 10.2. The van der Waals surface area contributed by atoms with Gasteiger partial charge in [-0.05, 0) is 17.7 Å². The first-order valence-corrected chi connectivity index (χ1v) is 5.11. The Kier molecular flexibility index (Phi) is 2.27. The maximum atomic E-state index is 5.74. The van der Waals surface area contributed by atoms with Crippen molar-refractivity contribution in [2.24, 2.45) is 5.73 Å². The van der Waals surface area contributed by atoms with E-state index >= 15 is 0 Å². The van der Waals surface area contributed by atoms with Crippen LogP contribution < -0.4 is 5.73 Å². The van der Waals surface area contributed by atoms with Crippen molar-refractivity contribution in [1.29, 1.82) is 0 Å². The molecule has 0 fully saturated rings. The summed E-state index contributed by atoms with van der Waals surface area (Å²) in [5.74, 6) is 0.702. The number of rotatable bonds is 2.